The van der Waals surface area contributed by atoms with Crippen molar-refractivity contribution in [2.75, 3.05) is 0 Å². The number of hydrogen-bond donors (Lipinski definition) is 1. The van der Waals surface area contributed by atoms with Gasteiger partial charge in [-0.3, -0.25) is 9.36 Å². The topological polar surface area (TPSA) is 63.6 Å². The van der Waals surface area contributed by atoms with Crippen LogP contribution in [0.15, 0.2) is 71.5 Å². The Kier molecular flexibility index (Phi) is 4.89. The summed E-state index contributed by atoms with van der Waals surface area (Å²) in [5, 5.41) is 0.612. The molecule has 2 heterocycles. The molecule has 0 aliphatic carbocycles. The second-order valence-corrected chi connectivity index (χ2v) is 8.76. The average Bonchev–Trinajstić information content (AvgIpc) is 3.18. The summed E-state index contributed by atoms with van der Waals surface area (Å²) in [7, 11) is 0. The van der Waals surface area contributed by atoms with Crippen molar-refractivity contribution in [3.8, 4) is 11.4 Å². The molecule has 0 bridgehead atoms. The lowest BCUT2D eigenvalue weighted by molar-refractivity contribution is 0.413. The van der Waals surface area contributed by atoms with Crippen molar-refractivity contribution in [3.63, 3.8) is 0 Å². The van der Waals surface area contributed by atoms with Gasteiger partial charge in [-0.1, -0.05) is 56.3 Å². The van der Waals surface area contributed by atoms with E-state index in [4.69, 9.17) is 9.97 Å². The minimum Gasteiger partial charge on any atom is -0.340 e. The second kappa shape index (κ2) is 7.75. The molecule has 2 aromatic heterocycles. The molecule has 1 N–H and O–H groups in total. The molecule has 5 rings (SSSR count). The number of nitrogens with one attached hydrogen (secondary N) is 1. The number of fused-ring (bicyclic) bond motifs is 2. The Hall–Kier alpha value is -3.73. The number of aromatic amines is 1. The fourth-order valence-electron chi connectivity index (χ4n) is 4.36. The van der Waals surface area contributed by atoms with E-state index in [2.05, 4.69) is 44.8 Å². The lowest BCUT2D eigenvalue weighted by Crippen LogP contribution is -2.31. The molecule has 32 heavy (non-hydrogen) atoms. The van der Waals surface area contributed by atoms with Gasteiger partial charge in [0, 0.05) is 5.56 Å². The summed E-state index contributed by atoms with van der Waals surface area (Å²) in [6.07, 6.45) is 0. The van der Waals surface area contributed by atoms with Crippen LogP contribution in [0.2, 0.25) is 0 Å². The van der Waals surface area contributed by atoms with Gasteiger partial charge in [0.1, 0.15) is 11.6 Å². The van der Waals surface area contributed by atoms with E-state index in [0.717, 1.165) is 22.4 Å². The number of benzene rings is 3. The first-order valence-corrected chi connectivity index (χ1v) is 11.0. The molecule has 1 unspecified atom stereocenters. The maximum Gasteiger partial charge on any atom is 0.262 e. The van der Waals surface area contributed by atoms with Crippen LogP contribution in [0.3, 0.4) is 0 Å². The molecule has 5 heteroatoms. The zero-order valence-electron chi connectivity index (χ0n) is 18.8. The first-order valence-electron chi connectivity index (χ1n) is 11.0. The van der Waals surface area contributed by atoms with E-state index >= 15 is 0 Å². The van der Waals surface area contributed by atoms with Crippen LogP contribution in [0.5, 0.6) is 0 Å². The highest BCUT2D eigenvalue weighted by molar-refractivity contribution is 5.80. The minimum atomic E-state index is -0.289. The molecule has 5 aromatic rings. The zero-order valence-corrected chi connectivity index (χ0v) is 18.8. The van der Waals surface area contributed by atoms with Crippen LogP contribution >= 0.6 is 0 Å². The highest BCUT2D eigenvalue weighted by atomic mass is 16.1. The lowest BCUT2D eigenvalue weighted by atomic mass is 10.0. The third kappa shape index (κ3) is 3.30. The third-order valence-electron chi connectivity index (χ3n) is 6.15. The zero-order chi connectivity index (χ0) is 22.4. The van der Waals surface area contributed by atoms with Gasteiger partial charge in [0.25, 0.3) is 5.56 Å². The van der Waals surface area contributed by atoms with Crippen molar-refractivity contribution < 1.29 is 0 Å². The largest absolute Gasteiger partial charge is 0.340 e. The maximum atomic E-state index is 13.8. The van der Waals surface area contributed by atoms with Crippen LogP contribution in [-0.4, -0.2) is 19.5 Å². The fraction of sp³-hybridized carbons (Fsp3) is 0.222. The van der Waals surface area contributed by atoms with E-state index in [1.165, 1.54) is 11.1 Å². The van der Waals surface area contributed by atoms with Crippen molar-refractivity contribution in [1.82, 2.24) is 19.5 Å². The molecule has 5 nitrogen and oxygen atoms in total. The maximum absolute atomic E-state index is 13.8. The monoisotopic (exact) mass is 422 g/mol. The molecule has 0 aliphatic heterocycles. The summed E-state index contributed by atoms with van der Waals surface area (Å²) >= 11 is 0. The molecular formula is C27H26N4O. The second-order valence-electron chi connectivity index (χ2n) is 8.76. The highest BCUT2D eigenvalue weighted by Gasteiger charge is 2.27. The van der Waals surface area contributed by atoms with Crippen molar-refractivity contribution >= 4 is 21.9 Å². The van der Waals surface area contributed by atoms with Crippen LogP contribution < -0.4 is 5.56 Å². The van der Waals surface area contributed by atoms with Gasteiger partial charge >= 0.3 is 0 Å². The van der Waals surface area contributed by atoms with Crippen molar-refractivity contribution in [3.05, 3.63) is 94.0 Å². The van der Waals surface area contributed by atoms with Crippen LogP contribution in [0, 0.1) is 19.8 Å². The van der Waals surface area contributed by atoms with Gasteiger partial charge in [-0.05, 0) is 55.2 Å². The molecule has 0 spiro atoms. The number of H-pyrrole nitrogens is 1. The number of aryl methyl sites for hydroxylation is 2. The first-order chi connectivity index (χ1) is 15.4. The predicted octanol–water partition coefficient (Wildman–Crippen LogP) is 5.80. The molecule has 0 radical (unpaired) electrons. The van der Waals surface area contributed by atoms with Gasteiger partial charge in [0.05, 0.1) is 28.0 Å². The third-order valence-corrected chi connectivity index (χ3v) is 6.15. The summed E-state index contributed by atoms with van der Waals surface area (Å²) < 4.78 is 1.82. The number of aromatic nitrogens is 4. The smallest absolute Gasteiger partial charge is 0.262 e. The normalized spacial score (nSPS) is 12.7. The summed E-state index contributed by atoms with van der Waals surface area (Å²) in [5.41, 5.74) is 5.86. The van der Waals surface area contributed by atoms with E-state index in [9.17, 15) is 4.79 Å². The standard InChI is InChI=1S/C27H26N4O/c1-16(2)24(25-28-22-14-17(3)18(4)15-23(22)29-25)31-26(19-10-6-5-7-11-19)30-21-13-9-8-12-20(21)27(31)32/h5-16,24H,1-4H3,(H,28,29). The molecule has 0 saturated carbocycles. The summed E-state index contributed by atoms with van der Waals surface area (Å²) in [6.45, 7) is 8.42. The van der Waals surface area contributed by atoms with Crippen LogP contribution in [0.25, 0.3) is 33.3 Å². The van der Waals surface area contributed by atoms with E-state index in [0.29, 0.717) is 16.7 Å². The van der Waals surface area contributed by atoms with E-state index < -0.39 is 0 Å². The number of nitrogens with zero attached hydrogens (tertiary/aromatic N) is 3. The van der Waals surface area contributed by atoms with Gasteiger partial charge in [-0.15, -0.1) is 0 Å². The molecule has 1 atom stereocenters. The number of hydrogen-bond acceptors (Lipinski definition) is 3. The Balaban J connectivity index is 1.83. The predicted molar refractivity (Wildman–Crippen MR) is 130 cm³/mol. The van der Waals surface area contributed by atoms with Crippen LogP contribution in [0.1, 0.15) is 36.8 Å². The first kappa shape index (κ1) is 20.2. The Morgan fingerprint density at radius 3 is 2.28 bits per heavy atom. The number of para-hydroxylation sites is 1. The van der Waals surface area contributed by atoms with E-state index in [1.807, 2.05) is 59.2 Å². The molecule has 0 fully saturated rings. The quantitative estimate of drug-likeness (QED) is 0.398. The van der Waals surface area contributed by atoms with Gasteiger partial charge in [0.15, 0.2) is 0 Å². The highest BCUT2D eigenvalue weighted by Crippen LogP contribution is 2.31. The SMILES string of the molecule is Cc1cc2nc(C(C(C)C)n3c(-c4ccccc4)nc4ccccc4c3=O)[nH]c2cc1C. The molecule has 0 saturated heterocycles. The van der Waals surface area contributed by atoms with E-state index in [-0.39, 0.29) is 17.5 Å². The Morgan fingerprint density at radius 1 is 0.844 bits per heavy atom. The fourth-order valence-corrected chi connectivity index (χ4v) is 4.36. The Labute approximate surface area is 186 Å². The Bertz CT molecular complexity index is 1460. The number of imidazole rings is 1. The van der Waals surface area contributed by atoms with Crippen molar-refractivity contribution in [2.24, 2.45) is 5.92 Å². The van der Waals surface area contributed by atoms with Crippen LogP contribution in [0.4, 0.5) is 0 Å². The summed E-state index contributed by atoms with van der Waals surface area (Å²) in [5.74, 6) is 1.54. The molecule has 0 amide bonds. The summed E-state index contributed by atoms with van der Waals surface area (Å²) in [6, 6.07) is 21.4. The average molecular weight is 423 g/mol. The minimum absolute atomic E-state index is 0.0547. The molecular weight excluding hydrogens is 396 g/mol. The molecule has 160 valence electrons. The van der Waals surface area contributed by atoms with Gasteiger partial charge in [-0.25, -0.2) is 9.97 Å². The van der Waals surface area contributed by atoms with Crippen molar-refractivity contribution in [2.45, 2.75) is 33.7 Å². The number of rotatable bonds is 4. The lowest BCUT2D eigenvalue weighted by Gasteiger charge is -2.25. The Morgan fingerprint density at radius 2 is 1.53 bits per heavy atom. The van der Waals surface area contributed by atoms with Crippen molar-refractivity contribution in [1.29, 1.82) is 0 Å². The molecule has 0 aliphatic rings. The van der Waals surface area contributed by atoms with Gasteiger partial charge in [-0.2, -0.15) is 0 Å². The van der Waals surface area contributed by atoms with Crippen LogP contribution in [-0.2, 0) is 0 Å². The van der Waals surface area contributed by atoms with Gasteiger partial charge < -0.3 is 4.98 Å². The van der Waals surface area contributed by atoms with Gasteiger partial charge in [0.2, 0.25) is 0 Å². The molecule has 3 aromatic carbocycles. The van der Waals surface area contributed by atoms with E-state index in [1.54, 1.807) is 0 Å². The summed E-state index contributed by atoms with van der Waals surface area (Å²) in [4.78, 5) is 27.2.